The number of carbonyl (C=O) groups is 1. The number of methoxy groups -OCH3 is 1. The van der Waals surface area contributed by atoms with Crippen molar-refractivity contribution in [3.05, 3.63) is 35.1 Å². The van der Waals surface area contributed by atoms with Crippen LogP contribution in [0, 0.1) is 5.82 Å². The molecular weight excluding hydrogens is 271 g/mol. The third kappa shape index (κ3) is 4.25. The highest BCUT2D eigenvalue weighted by Crippen LogP contribution is 2.14. The lowest BCUT2D eigenvalue weighted by Gasteiger charge is -2.34. The smallest absolute Gasteiger partial charge is 0.340 e. The molecule has 0 spiro atoms. The minimum absolute atomic E-state index is 0.00554. The Morgan fingerprint density at radius 2 is 1.90 bits per heavy atom. The van der Waals surface area contributed by atoms with Crippen LogP contribution in [0.25, 0.3) is 0 Å². The maximum absolute atomic E-state index is 13.9. The van der Waals surface area contributed by atoms with Crippen molar-refractivity contribution < 1.29 is 13.9 Å². The quantitative estimate of drug-likeness (QED) is 0.779. The number of nitrogens with zero attached hydrogens (tertiary/aromatic N) is 2. The summed E-state index contributed by atoms with van der Waals surface area (Å²) < 4.78 is 18.4. The first kappa shape index (κ1) is 15.9. The van der Waals surface area contributed by atoms with Crippen molar-refractivity contribution in [2.24, 2.45) is 0 Å². The van der Waals surface area contributed by atoms with Crippen LogP contribution in [-0.2, 0) is 11.3 Å². The first-order chi connectivity index (χ1) is 10.1. The second-order valence-electron chi connectivity index (χ2n) is 5.42. The molecule has 0 radical (unpaired) electrons. The van der Waals surface area contributed by atoms with Gasteiger partial charge in [0.25, 0.3) is 0 Å². The van der Waals surface area contributed by atoms with E-state index in [1.54, 1.807) is 6.07 Å². The third-order valence-electron chi connectivity index (χ3n) is 3.85. The number of halogens is 1. The number of rotatable bonds is 5. The number of benzene rings is 1. The lowest BCUT2D eigenvalue weighted by Crippen LogP contribution is -2.45. The van der Waals surface area contributed by atoms with Gasteiger partial charge >= 0.3 is 5.97 Å². The summed E-state index contributed by atoms with van der Waals surface area (Å²) >= 11 is 0. The summed E-state index contributed by atoms with van der Waals surface area (Å²) in [4.78, 5) is 16.1. The Balaban J connectivity index is 1.92. The fourth-order valence-electron chi connectivity index (χ4n) is 2.68. The van der Waals surface area contributed by atoms with Crippen LogP contribution < -0.4 is 0 Å². The van der Waals surface area contributed by atoms with Crippen molar-refractivity contribution >= 4 is 5.97 Å². The summed E-state index contributed by atoms with van der Waals surface area (Å²) in [5, 5.41) is 0. The van der Waals surface area contributed by atoms with E-state index in [1.807, 2.05) is 0 Å². The van der Waals surface area contributed by atoms with E-state index in [0.29, 0.717) is 0 Å². The van der Waals surface area contributed by atoms with E-state index in [9.17, 15) is 9.18 Å². The zero-order valence-electron chi connectivity index (χ0n) is 12.8. The summed E-state index contributed by atoms with van der Waals surface area (Å²) in [6, 6.07) is 4.74. The molecule has 0 N–H and O–H groups in total. The molecule has 0 saturated carbocycles. The minimum Gasteiger partial charge on any atom is -0.465 e. The summed E-state index contributed by atoms with van der Waals surface area (Å²) in [6.07, 6.45) is 1.18. The second kappa shape index (κ2) is 7.52. The maximum Gasteiger partial charge on any atom is 0.340 e. The molecule has 1 saturated heterocycles. The van der Waals surface area contributed by atoms with Gasteiger partial charge in [-0.25, -0.2) is 9.18 Å². The van der Waals surface area contributed by atoms with E-state index in [4.69, 9.17) is 0 Å². The lowest BCUT2D eigenvalue weighted by atomic mass is 10.1. The van der Waals surface area contributed by atoms with Crippen molar-refractivity contribution in [2.75, 3.05) is 39.8 Å². The molecule has 1 aromatic carbocycles. The zero-order valence-corrected chi connectivity index (χ0v) is 12.8. The van der Waals surface area contributed by atoms with Crippen molar-refractivity contribution in [1.82, 2.24) is 9.80 Å². The summed E-state index contributed by atoms with van der Waals surface area (Å²) in [5.41, 5.74) is 0.887. The van der Waals surface area contributed by atoms with E-state index in [1.165, 1.54) is 25.7 Å². The molecule has 0 aromatic heterocycles. The topological polar surface area (TPSA) is 32.8 Å². The number of esters is 1. The number of piperazine rings is 1. The Hall–Kier alpha value is -1.46. The Bertz CT molecular complexity index is 485. The van der Waals surface area contributed by atoms with Gasteiger partial charge in [0.2, 0.25) is 0 Å². The molecule has 0 atom stereocenters. The largest absolute Gasteiger partial charge is 0.465 e. The Kier molecular flexibility index (Phi) is 5.70. The van der Waals surface area contributed by atoms with Gasteiger partial charge in [-0.2, -0.15) is 0 Å². The highest BCUT2D eigenvalue weighted by Gasteiger charge is 2.17. The molecule has 1 fully saturated rings. The number of ether oxygens (including phenoxy) is 1. The molecule has 1 aromatic rings. The van der Waals surface area contributed by atoms with Crippen molar-refractivity contribution in [2.45, 2.75) is 19.9 Å². The van der Waals surface area contributed by atoms with Gasteiger partial charge in [0.15, 0.2) is 0 Å². The minimum atomic E-state index is -0.632. The lowest BCUT2D eigenvalue weighted by molar-refractivity contribution is 0.0595. The molecule has 1 aliphatic heterocycles. The standard InChI is InChI=1S/C16H23FN2O2/c1-3-6-18-7-9-19(10-8-18)12-13-4-5-14(15(17)11-13)16(20)21-2/h4-5,11H,3,6-10,12H2,1-2H3. The first-order valence-electron chi connectivity index (χ1n) is 7.45. The van der Waals surface area contributed by atoms with E-state index in [-0.39, 0.29) is 5.56 Å². The molecule has 0 bridgehead atoms. The zero-order chi connectivity index (χ0) is 15.2. The van der Waals surface area contributed by atoms with Gasteiger partial charge < -0.3 is 9.64 Å². The molecule has 0 amide bonds. The molecule has 116 valence electrons. The van der Waals surface area contributed by atoms with E-state index in [2.05, 4.69) is 21.5 Å². The molecule has 1 heterocycles. The van der Waals surface area contributed by atoms with Gasteiger partial charge in [-0.1, -0.05) is 13.0 Å². The molecule has 0 unspecified atom stereocenters. The van der Waals surface area contributed by atoms with Gasteiger partial charge in [-0.15, -0.1) is 0 Å². The van der Waals surface area contributed by atoms with E-state index >= 15 is 0 Å². The van der Waals surface area contributed by atoms with Crippen molar-refractivity contribution in [1.29, 1.82) is 0 Å². The van der Waals surface area contributed by atoms with Crippen molar-refractivity contribution in [3.8, 4) is 0 Å². The van der Waals surface area contributed by atoms with Gasteiger partial charge in [-0.05, 0) is 30.7 Å². The van der Waals surface area contributed by atoms with Gasteiger partial charge in [-0.3, -0.25) is 4.90 Å². The summed E-state index contributed by atoms with van der Waals surface area (Å²) in [7, 11) is 1.26. The highest BCUT2D eigenvalue weighted by atomic mass is 19.1. The van der Waals surface area contributed by atoms with Crippen LogP contribution >= 0.6 is 0 Å². The molecule has 5 heteroatoms. The van der Waals surface area contributed by atoms with Crippen molar-refractivity contribution in [3.63, 3.8) is 0 Å². The third-order valence-corrected chi connectivity index (χ3v) is 3.85. The Morgan fingerprint density at radius 3 is 2.48 bits per heavy atom. The van der Waals surface area contributed by atoms with Crippen LogP contribution in [-0.4, -0.2) is 55.6 Å². The normalized spacial score (nSPS) is 16.9. The monoisotopic (exact) mass is 294 g/mol. The van der Waals surface area contributed by atoms with Crippen LogP contribution in [0.5, 0.6) is 0 Å². The van der Waals surface area contributed by atoms with Gasteiger partial charge in [0, 0.05) is 32.7 Å². The number of hydrogen-bond acceptors (Lipinski definition) is 4. The maximum atomic E-state index is 13.9. The van der Waals surface area contributed by atoms with Crippen LogP contribution in [0.4, 0.5) is 4.39 Å². The summed E-state index contributed by atoms with van der Waals surface area (Å²) in [5.74, 6) is -1.14. The Labute approximate surface area is 125 Å². The summed E-state index contributed by atoms with van der Waals surface area (Å²) in [6.45, 7) is 8.19. The number of carbonyl (C=O) groups excluding carboxylic acids is 1. The van der Waals surface area contributed by atoms with Crippen LogP contribution in [0.2, 0.25) is 0 Å². The molecular formula is C16H23FN2O2. The predicted octanol–water partition coefficient (Wildman–Crippen LogP) is 2.14. The highest BCUT2D eigenvalue weighted by molar-refractivity contribution is 5.89. The second-order valence-corrected chi connectivity index (χ2v) is 5.42. The molecule has 2 rings (SSSR count). The van der Waals surface area contributed by atoms with E-state index < -0.39 is 11.8 Å². The average Bonchev–Trinajstić information content (AvgIpc) is 2.49. The van der Waals surface area contributed by atoms with Crippen LogP contribution in [0.1, 0.15) is 29.3 Å². The van der Waals surface area contributed by atoms with Gasteiger partial charge in [0.1, 0.15) is 5.82 Å². The van der Waals surface area contributed by atoms with Crippen LogP contribution in [0.15, 0.2) is 18.2 Å². The fourth-order valence-corrected chi connectivity index (χ4v) is 2.68. The van der Waals surface area contributed by atoms with Gasteiger partial charge in [0.05, 0.1) is 12.7 Å². The SMILES string of the molecule is CCCN1CCN(Cc2ccc(C(=O)OC)c(F)c2)CC1. The van der Waals surface area contributed by atoms with E-state index in [0.717, 1.165) is 44.8 Å². The average molecular weight is 294 g/mol. The predicted molar refractivity (Wildman–Crippen MR) is 79.7 cm³/mol. The molecule has 21 heavy (non-hydrogen) atoms. The molecule has 0 aliphatic carbocycles. The molecule has 4 nitrogen and oxygen atoms in total. The Morgan fingerprint density at radius 1 is 1.24 bits per heavy atom. The van der Waals surface area contributed by atoms with Crippen LogP contribution in [0.3, 0.4) is 0 Å². The fraction of sp³-hybridized carbons (Fsp3) is 0.562. The first-order valence-corrected chi connectivity index (χ1v) is 7.45. The number of hydrogen-bond donors (Lipinski definition) is 0. The molecule has 1 aliphatic rings.